The van der Waals surface area contributed by atoms with Gasteiger partial charge in [-0.15, -0.1) is 0 Å². The molecule has 0 amide bonds. The predicted octanol–water partition coefficient (Wildman–Crippen LogP) is 1.63. The molecular formula is C7H10F3NO. The van der Waals surface area contributed by atoms with Crippen molar-refractivity contribution in [1.82, 2.24) is 5.32 Å². The minimum atomic E-state index is -4.76. The summed E-state index contributed by atoms with van der Waals surface area (Å²) in [5.74, 6) is -1.84. The number of carbonyl (C=O) groups is 1. The number of rotatable bonds is 4. The van der Waals surface area contributed by atoms with Gasteiger partial charge >= 0.3 is 6.18 Å². The number of hydrogen-bond acceptors (Lipinski definition) is 2. The molecule has 1 N–H and O–H groups in total. The molecular weight excluding hydrogens is 171 g/mol. The van der Waals surface area contributed by atoms with Crippen LogP contribution in [0, 0.1) is 0 Å². The molecule has 5 heteroatoms. The first-order chi connectivity index (χ1) is 5.48. The van der Waals surface area contributed by atoms with Crippen molar-refractivity contribution in [3.05, 3.63) is 12.3 Å². The highest BCUT2D eigenvalue weighted by Gasteiger charge is 2.35. The van der Waals surface area contributed by atoms with Gasteiger partial charge in [0, 0.05) is 18.8 Å². The molecule has 0 radical (unpaired) electrons. The fraction of sp³-hybridized carbons (Fsp3) is 0.571. The van der Waals surface area contributed by atoms with E-state index in [1.54, 1.807) is 0 Å². The first-order valence-corrected chi connectivity index (χ1v) is 3.49. The molecule has 0 aromatic carbocycles. The molecule has 0 aliphatic rings. The van der Waals surface area contributed by atoms with Crippen molar-refractivity contribution in [3.8, 4) is 0 Å². The van der Waals surface area contributed by atoms with Crippen molar-refractivity contribution < 1.29 is 18.0 Å². The molecule has 12 heavy (non-hydrogen) atoms. The molecule has 0 aliphatic heterocycles. The lowest BCUT2D eigenvalue weighted by Crippen LogP contribution is -2.20. The molecule has 0 fully saturated rings. The first-order valence-electron chi connectivity index (χ1n) is 3.49. The van der Waals surface area contributed by atoms with Gasteiger partial charge in [-0.25, -0.2) is 0 Å². The minimum absolute atomic E-state index is 0.482. The topological polar surface area (TPSA) is 29.1 Å². The first kappa shape index (κ1) is 11.0. The van der Waals surface area contributed by atoms with Gasteiger partial charge in [0.25, 0.3) is 5.78 Å². The summed E-state index contributed by atoms with van der Waals surface area (Å²) in [5.41, 5.74) is 0. The Bertz CT molecular complexity index is 174. The van der Waals surface area contributed by atoms with Crippen LogP contribution in [0.3, 0.4) is 0 Å². The molecule has 0 aromatic heterocycles. The fourth-order valence-corrected chi connectivity index (χ4v) is 0.457. The largest absolute Gasteiger partial charge is 0.454 e. The van der Waals surface area contributed by atoms with E-state index >= 15 is 0 Å². The lowest BCUT2D eigenvalue weighted by atomic mass is 10.4. The van der Waals surface area contributed by atoms with Crippen molar-refractivity contribution in [2.24, 2.45) is 0 Å². The summed E-state index contributed by atoms with van der Waals surface area (Å²) in [6, 6.07) is 0. The molecule has 0 rings (SSSR count). The molecule has 0 saturated heterocycles. The zero-order valence-electron chi connectivity index (χ0n) is 6.61. The Balaban J connectivity index is 3.77. The van der Waals surface area contributed by atoms with E-state index < -0.39 is 12.0 Å². The number of nitrogens with one attached hydrogen (secondary N) is 1. The molecule has 2 nitrogen and oxygen atoms in total. The molecule has 0 aromatic rings. The molecule has 0 saturated carbocycles. The van der Waals surface area contributed by atoms with E-state index in [0.29, 0.717) is 12.6 Å². The number of halogens is 3. The Kier molecular flexibility index (Phi) is 4.39. The van der Waals surface area contributed by atoms with Gasteiger partial charge < -0.3 is 5.32 Å². The Morgan fingerprint density at radius 1 is 1.50 bits per heavy atom. The maximum atomic E-state index is 11.5. The SMILES string of the molecule is CCCN/C=C/C(=O)C(F)(F)F. The van der Waals surface area contributed by atoms with Crippen molar-refractivity contribution in [2.75, 3.05) is 6.54 Å². The van der Waals surface area contributed by atoms with E-state index in [1.807, 2.05) is 6.92 Å². The lowest BCUT2D eigenvalue weighted by Gasteiger charge is -1.99. The Labute approximate surface area is 68.4 Å². The Hall–Kier alpha value is -1.00. The molecule has 0 atom stereocenters. The van der Waals surface area contributed by atoms with Crippen LogP contribution in [0.1, 0.15) is 13.3 Å². The smallest absolute Gasteiger partial charge is 0.391 e. The van der Waals surface area contributed by atoms with E-state index in [4.69, 9.17) is 0 Å². The van der Waals surface area contributed by atoms with Crippen molar-refractivity contribution in [2.45, 2.75) is 19.5 Å². The van der Waals surface area contributed by atoms with Gasteiger partial charge in [-0.3, -0.25) is 4.79 Å². The average Bonchev–Trinajstić information content (AvgIpc) is 1.96. The van der Waals surface area contributed by atoms with Crippen LogP contribution in [0.2, 0.25) is 0 Å². The molecule has 0 heterocycles. The second kappa shape index (κ2) is 4.79. The minimum Gasteiger partial charge on any atom is -0.391 e. The summed E-state index contributed by atoms with van der Waals surface area (Å²) < 4.78 is 34.6. The zero-order valence-corrected chi connectivity index (χ0v) is 6.61. The van der Waals surface area contributed by atoms with Gasteiger partial charge in [-0.1, -0.05) is 6.92 Å². The number of hydrogen-bond donors (Lipinski definition) is 1. The Morgan fingerprint density at radius 2 is 2.08 bits per heavy atom. The summed E-state index contributed by atoms with van der Waals surface area (Å²) in [7, 11) is 0. The third kappa shape index (κ3) is 4.76. The van der Waals surface area contributed by atoms with Crippen LogP contribution in [0.4, 0.5) is 13.2 Å². The second-order valence-corrected chi connectivity index (χ2v) is 2.15. The summed E-state index contributed by atoms with van der Waals surface area (Å²) in [6.45, 7) is 2.42. The van der Waals surface area contributed by atoms with Crippen molar-refractivity contribution in [1.29, 1.82) is 0 Å². The maximum absolute atomic E-state index is 11.5. The summed E-state index contributed by atoms with van der Waals surface area (Å²) in [6.07, 6.45) is -2.47. The summed E-state index contributed by atoms with van der Waals surface area (Å²) in [5, 5.41) is 2.54. The highest BCUT2D eigenvalue weighted by atomic mass is 19.4. The molecule has 0 spiro atoms. The van der Waals surface area contributed by atoms with Gasteiger partial charge in [-0.2, -0.15) is 13.2 Å². The number of alkyl halides is 3. The van der Waals surface area contributed by atoms with Crippen LogP contribution >= 0.6 is 0 Å². The van der Waals surface area contributed by atoms with Gasteiger partial charge in [0.1, 0.15) is 0 Å². The van der Waals surface area contributed by atoms with Crippen LogP contribution in [0.15, 0.2) is 12.3 Å². The van der Waals surface area contributed by atoms with Gasteiger partial charge in [0.2, 0.25) is 0 Å². The van der Waals surface area contributed by atoms with E-state index in [-0.39, 0.29) is 0 Å². The molecule has 0 aliphatic carbocycles. The van der Waals surface area contributed by atoms with Crippen molar-refractivity contribution in [3.63, 3.8) is 0 Å². The second-order valence-electron chi connectivity index (χ2n) is 2.15. The number of allylic oxidation sites excluding steroid dienone is 1. The van der Waals surface area contributed by atoms with Crippen LogP contribution in [0.25, 0.3) is 0 Å². The van der Waals surface area contributed by atoms with Gasteiger partial charge in [0.15, 0.2) is 0 Å². The van der Waals surface area contributed by atoms with Crippen LogP contribution in [-0.2, 0) is 4.79 Å². The third-order valence-corrected chi connectivity index (χ3v) is 1.03. The highest BCUT2D eigenvalue weighted by Crippen LogP contribution is 2.15. The normalized spacial score (nSPS) is 12.0. The van der Waals surface area contributed by atoms with E-state index in [1.165, 1.54) is 0 Å². The standard InChI is InChI=1S/C7H10F3NO/c1-2-4-11-5-3-6(12)7(8,9)10/h3,5,11H,2,4H2,1H3/b5-3+. The molecule has 0 unspecified atom stereocenters. The fourth-order valence-electron chi connectivity index (χ4n) is 0.457. The van der Waals surface area contributed by atoms with Gasteiger partial charge in [-0.05, 0) is 6.42 Å². The van der Waals surface area contributed by atoms with Crippen LogP contribution < -0.4 is 5.32 Å². The average molecular weight is 181 g/mol. The number of ketones is 1. The van der Waals surface area contributed by atoms with E-state index in [0.717, 1.165) is 12.6 Å². The summed E-state index contributed by atoms with van der Waals surface area (Å²) in [4.78, 5) is 10.2. The maximum Gasteiger partial charge on any atom is 0.454 e. The van der Waals surface area contributed by atoms with E-state index in [2.05, 4.69) is 5.32 Å². The number of carbonyl (C=O) groups excluding carboxylic acids is 1. The predicted molar refractivity (Wildman–Crippen MR) is 38.5 cm³/mol. The monoisotopic (exact) mass is 181 g/mol. The third-order valence-electron chi connectivity index (χ3n) is 1.03. The Morgan fingerprint density at radius 3 is 2.50 bits per heavy atom. The van der Waals surface area contributed by atoms with Crippen LogP contribution in [-0.4, -0.2) is 18.5 Å². The van der Waals surface area contributed by atoms with Crippen LogP contribution in [0.5, 0.6) is 0 Å². The molecule has 0 bridgehead atoms. The highest BCUT2D eigenvalue weighted by molar-refractivity contribution is 5.94. The lowest BCUT2D eigenvalue weighted by molar-refractivity contribution is -0.165. The quantitative estimate of drug-likeness (QED) is 0.527. The van der Waals surface area contributed by atoms with Gasteiger partial charge in [0.05, 0.1) is 0 Å². The summed E-state index contributed by atoms with van der Waals surface area (Å²) >= 11 is 0. The molecule has 70 valence electrons. The van der Waals surface area contributed by atoms with Crippen molar-refractivity contribution >= 4 is 5.78 Å². The zero-order chi connectivity index (χ0) is 9.61. The van der Waals surface area contributed by atoms with E-state index in [9.17, 15) is 18.0 Å².